The maximum atomic E-state index is 11.3. The number of carbonyl (C=O) groups is 1. The molecule has 4 nitrogen and oxygen atoms in total. The predicted octanol–water partition coefficient (Wildman–Crippen LogP) is 0.814. The molecule has 1 atom stereocenters. The molecule has 1 saturated heterocycles. The molecule has 0 radical (unpaired) electrons. The van der Waals surface area contributed by atoms with Gasteiger partial charge in [0.25, 0.3) is 0 Å². The van der Waals surface area contributed by atoms with Crippen molar-refractivity contribution in [3.05, 3.63) is 0 Å². The van der Waals surface area contributed by atoms with E-state index >= 15 is 0 Å². The largest absolute Gasteiger partial charge is 0.450 e. The lowest BCUT2D eigenvalue weighted by Gasteiger charge is -2.31. The van der Waals surface area contributed by atoms with Crippen molar-refractivity contribution in [2.24, 2.45) is 11.7 Å². The van der Waals surface area contributed by atoms with Crippen LogP contribution in [-0.2, 0) is 4.74 Å². The molecule has 1 amide bonds. The zero-order chi connectivity index (χ0) is 9.68. The molecule has 0 aromatic rings. The molecule has 0 saturated carbocycles. The Morgan fingerprint density at radius 3 is 3.08 bits per heavy atom. The molecule has 1 aliphatic heterocycles. The molecule has 1 aliphatic rings. The Morgan fingerprint density at radius 1 is 1.69 bits per heavy atom. The van der Waals surface area contributed by atoms with Crippen LogP contribution >= 0.6 is 0 Å². The van der Waals surface area contributed by atoms with Crippen molar-refractivity contribution in [3.8, 4) is 0 Å². The number of ether oxygens (including phenoxy) is 1. The molecule has 0 unspecified atom stereocenters. The summed E-state index contributed by atoms with van der Waals surface area (Å²) in [4.78, 5) is 13.1. The summed E-state index contributed by atoms with van der Waals surface area (Å²) in [7, 11) is 0. The van der Waals surface area contributed by atoms with Crippen molar-refractivity contribution in [2.75, 3.05) is 26.2 Å². The van der Waals surface area contributed by atoms with Crippen LogP contribution in [-0.4, -0.2) is 37.2 Å². The van der Waals surface area contributed by atoms with Gasteiger partial charge in [0.1, 0.15) is 0 Å². The second-order valence-corrected chi connectivity index (χ2v) is 3.39. The fourth-order valence-corrected chi connectivity index (χ4v) is 1.64. The normalized spacial score (nSPS) is 22.9. The number of likely N-dealkylation sites (tertiary alicyclic amines) is 1. The van der Waals surface area contributed by atoms with Crippen molar-refractivity contribution in [1.29, 1.82) is 0 Å². The van der Waals surface area contributed by atoms with Gasteiger partial charge in [0.15, 0.2) is 0 Å². The zero-order valence-corrected chi connectivity index (χ0v) is 8.16. The smallest absolute Gasteiger partial charge is 0.409 e. The van der Waals surface area contributed by atoms with Gasteiger partial charge in [-0.1, -0.05) is 0 Å². The SMILES string of the molecule is CCOC(=O)N1CCC[C@@H](CN)C1. The predicted molar refractivity (Wildman–Crippen MR) is 50.4 cm³/mol. The van der Waals surface area contributed by atoms with Gasteiger partial charge >= 0.3 is 6.09 Å². The molecular weight excluding hydrogens is 168 g/mol. The van der Waals surface area contributed by atoms with E-state index in [0.29, 0.717) is 19.1 Å². The van der Waals surface area contributed by atoms with Gasteiger partial charge in [-0.3, -0.25) is 0 Å². The third-order valence-corrected chi connectivity index (χ3v) is 2.38. The van der Waals surface area contributed by atoms with Gasteiger partial charge < -0.3 is 15.4 Å². The van der Waals surface area contributed by atoms with E-state index in [1.54, 1.807) is 4.90 Å². The highest BCUT2D eigenvalue weighted by atomic mass is 16.6. The molecule has 76 valence electrons. The summed E-state index contributed by atoms with van der Waals surface area (Å²) < 4.78 is 4.92. The van der Waals surface area contributed by atoms with E-state index in [-0.39, 0.29) is 6.09 Å². The number of rotatable bonds is 2. The van der Waals surface area contributed by atoms with E-state index in [4.69, 9.17) is 10.5 Å². The van der Waals surface area contributed by atoms with Crippen LogP contribution in [0.3, 0.4) is 0 Å². The molecule has 13 heavy (non-hydrogen) atoms. The Morgan fingerprint density at radius 2 is 2.46 bits per heavy atom. The Balaban J connectivity index is 2.37. The minimum Gasteiger partial charge on any atom is -0.450 e. The Kier molecular flexibility index (Phi) is 4.02. The Labute approximate surface area is 79.0 Å². The molecule has 0 bridgehead atoms. The van der Waals surface area contributed by atoms with E-state index in [1.165, 1.54) is 0 Å². The van der Waals surface area contributed by atoms with Gasteiger partial charge in [-0.05, 0) is 32.2 Å². The first-order valence-electron chi connectivity index (χ1n) is 4.89. The average molecular weight is 186 g/mol. The fourth-order valence-electron chi connectivity index (χ4n) is 1.64. The fraction of sp³-hybridized carbons (Fsp3) is 0.889. The van der Waals surface area contributed by atoms with Crippen LogP contribution in [0.2, 0.25) is 0 Å². The quantitative estimate of drug-likeness (QED) is 0.694. The highest BCUT2D eigenvalue weighted by Crippen LogP contribution is 2.15. The minimum absolute atomic E-state index is 0.194. The maximum Gasteiger partial charge on any atom is 0.409 e. The Bertz CT molecular complexity index is 173. The minimum atomic E-state index is -0.194. The summed E-state index contributed by atoms with van der Waals surface area (Å²) in [6, 6.07) is 0. The van der Waals surface area contributed by atoms with Crippen molar-refractivity contribution < 1.29 is 9.53 Å². The third kappa shape index (κ3) is 2.88. The topological polar surface area (TPSA) is 55.6 Å². The number of piperidine rings is 1. The zero-order valence-electron chi connectivity index (χ0n) is 8.16. The summed E-state index contributed by atoms with van der Waals surface area (Å²) in [6.45, 7) is 4.51. The molecule has 1 fully saturated rings. The van der Waals surface area contributed by atoms with Gasteiger partial charge in [-0.2, -0.15) is 0 Å². The molecule has 1 heterocycles. The second-order valence-electron chi connectivity index (χ2n) is 3.39. The van der Waals surface area contributed by atoms with E-state index in [0.717, 1.165) is 25.9 Å². The molecule has 0 aliphatic carbocycles. The first-order valence-corrected chi connectivity index (χ1v) is 4.89. The van der Waals surface area contributed by atoms with Crippen LogP contribution in [0, 0.1) is 5.92 Å². The molecule has 0 spiro atoms. The van der Waals surface area contributed by atoms with Crippen molar-refractivity contribution in [3.63, 3.8) is 0 Å². The van der Waals surface area contributed by atoms with Crippen molar-refractivity contribution in [1.82, 2.24) is 4.90 Å². The number of carbonyl (C=O) groups excluding carboxylic acids is 1. The summed E-state index contributed by atoms with van der Waals surface area (Å²) in [5.74, 6) is 0.457. The van der Waals surface area contributed by atoms with Gasteiger partial charge in [0.05, 0.1) is 6.61 Å². The number of hydrogen-bond donors (Lipinski definition) is 1. The molecule has 4 heteroatoms. The van der Waals surface area contributed by atoms with Crippen LogP contribution in [0.15, 0.2) is 0 Å². The average Bonchev–Trinajstić information content (AvgIpc) is 2.18. The van der Waals surface area contributed by atoms with Gasteiger partial charge in [-0.15, -0.1) is 0 Å². The van der Waals surface area contributed by atoms with Crippen molar-refractivity contribution >= 4 is 6.09 Å². The highest BCUT2D eigenvalue weighted by Gasteiger charge is 2.23. The summed E-state index contributed by atoms with van der Waals surface area (Å²) in [6.07, 6.45) is 1.98. The van der Waals surface area contributed by atoms with Gasteiger partial charge in [-0.25, -0.2) is 4.79 Å². The summed E-state index contributed by atoms with van der Waals surface area (Å²) in [5.41, 5.74) is 5.56. The second kappa shape index (κ2) is 5.07. The number of nitrogens with two attached hydrogens (primary N) is 1. The number of hydrogen-bond acceptors (Lipinski definition) is 3. The standard InChI is InChI=1S/C9H18N2O2/c1-2-13-9(12)11-5-3-4-8(6-10)7-11/h8H,2-7,10H2,1H3/t8-/m0/s1. The number of nitrogens with zero attached hydrogens (tertiary/aromatic N) is 1. The lowest BCUT2D eigenvalue weighted by molar-refractivity contribution is 0.0893. The molecule has 1 rings (SSSR count). The van der Waals surface area contributed by atoms with Crippen LogP contribution in [0.4, 0.5) is 4.79 Å². The Hall–Kier alpha value is -0.770. The van der Waals surface area contributed by atoms with Gasteiger partial charge in [0, 0.05) is 13.1 Å². The highest BCUT2D eigenvalue weighted by molar-refractivity contribution is 5.67. The summed E-state index contributed by atoms with van der Waals surface area (Å²) in [5, 5.41) is 0. The lowest BCUT2D eigenvalue weighted by atomic mass is 9.99. The summed E-state index contributed by atoms with van der Waals surface area (Å²) >= 11 is 0. The van der Waals surface area contributed by atoms with E-state index < -0.39 is 0 Å². The van der Waals surface area contributed by atoms with Crippen LogP contribution in [0.1, 0.15) is 19.8 Å². The molecular formula is C9H18N2O2. The lowest BCUT2D eigenvalue weighted by Crippen LogP contribution is -2.42. The molecule has 2 N–H and O–H groups in total. The van der Waals surface area contributed by atoms with E-state index in [2.05, 4.69) is 0 Å². The number of amides is 1. The van der Waals surface area contributed by atoms with Crippen LogP contribution < -0.4 is 5.73 Å². The van der Waals surface area contributed by atoms with Crippen molar-refractivity contribution in [2.45, 2.75) is 19.8 Å². The van der Waals surface area contributed by atoms with E-state index in [9.17, 15) is 4.79 Å². The maximum absolute atomic E-state index is 11.3. The van der Waals surface area contributed by atoms with Crippen LogP contribution in [0.5, 0.6) is 0 Å². The first-order chi connectivity index (χ1) is 6.27. The first kappa shape index (κ1) is 10.3. The van der Waals surface area contributed by atoms with Gasteiger partial charge in [0.2, 0.25) is 0 Å². The monoisotopic (exact) mass is 186 g/mol. The molecule has 0 aromatic carbocycles. The van der Waals surface area contributed by atoms with Crippen LogP contribution in [0.25, 0.3) is 0 Å². The van der Waals surface area contributed by atoms with E-state index in [1.807, 2.05) is 6.92 Å². The molecule has 0 aromatic heterocycles. The third-order valence-electron chi connectivity index (χ3n) is 2.38.